The monoisotopic (exact) mass is 574 g/mol. The molecule has 2 unspecified atom stereocenters. The van der Waals surface area contributed by atoms with Crippen LogP contribution in [0.5, 0.6) is 5.75 Å². The lowest BCUT2D eigenvalue weighted by Gasteiger charge is -2.40. The molecule has 2 aromatic carbocycles. The first-order chi connectivity index (χ1) is 19.7. The number of Topliss-reactive ketones (excluding diaryl/α,β-unsaturated/α-hetero) is 3. The van der Waals surface area contributed by atoms with Gasteiger partial charge in [-0.25, -0.2) is 0 Å². The van der Waals surface area contributed by atoms with Crippen LogP contribution in [0, 0.1) is 29.6 Å². The van der Waals surface area contributed by atoms with Crippen molar-refractivity contribution in [2.75, 3.05) is 7.11 Å². The highest BCUT2D eigenvalue weighted by Gasteiger charge is 2.47. The number of ether oxygens (including phenoxy) is 1. The molecule has 0 spiro atoms. The first kappa shape index (κ1) is 33.2. The summed E-state index contributed by atoms with van der Waals surface area (Å²) >= 11 is 0. The number of ketones is 3. The molecule has 0 bridgehead atoms. The van der Waals surface area contributed by atoms with Gasteiger partial charge in [-0.05, 0) is 79.3 Å². The van der Waals surface area contributed by atoms with Crippen LogP contribution in [0.2, 0.25) is 0 Å². The Labute approximate surface area is 256 Å². The Morgan fingerprint density at radius 2 is 1.71 bits per heavy atom. The summed E-state index contributed by atoms with van der Waals surface area (Å²) in [5.74, 6) is 1.49. The maximum Gasteiger partial charge on any atom is 0.166 e. The molecule has 2 aliphatic carbocycles. The summed E-state index contributed by atoms with van der Waals surface area (Å²) in [4.78, 5) is 37.0. The van der Waals surface area contributed by atoms with Gasteiger partial charge in [0.05, 0.1) is 7.11 Å². The van der Waals surface area contributed by atoms with E-state index < -0.39 is 5.41 Å². The second-order valence-corrected chi connectivity index (χ2v) is 13.6. The van der Waals surface area contributed by atoms with Crippen LogP contribution in [-0.2, 0) is 20.8 Å². The van der Waals surface area contributed by atoms with Crippen molar-refractivity contribution in [3.63, 3.8) is 0 Å². The van der Waals surface area contributed by atoms with Gasteiger partial charge in [0.1, 0.15) is 17.3 Å². The molecule has 0 saturated heterocycles. The van der Waals surface area contributed by atoms with E-state index in [1.165, 1.54) is 16.7 Å². The Balaban J connectivity index is 0.000000427. The summed E-state index contributed by atoms with van der Waals surface area (Å²) in [5, 5.41) is 0. The minimum Gasteiger partial charge on any atom is -0.497 e. The summed E-state index contributed by atoms with van der Waals surface area (Å²) < 4.78 is 5.17. The predicted octanol–water partition coefficient (Wildman–Crippen LogP) is 9.57. The predicted molar refractivity (Wildman–Crippen MR) is 177 cm³/mol. The zero-order valence-corrected chi connectivity index (χ0v) is 27.2. The molecular formula is C38H54O4. The Morgan fingerprint density at radius 1 is 1.05 bits per heavy atom. The molecule has 0 N–H and O–H groups in total. The number of rotatable bonds is 8. The van der Waals surface area contributed by atoms with Gasteiger partial charge in [0.25, 0.3) is 0 Å². The fraction of sp³-hybridized carbons (Fsp3) is 0.500. The zero-order chi connectivity index (χ0) is 31.2. The Hall–Kier alpha value is -3.27. The molecule has 0 heterocycles. The molecule has 2 aromatic rings. The molecule has 1 saturated carbocycles. The van der Waals surface area contributed by atoms with Crippen LogP contribution in [0.1, 0.15) is 94.6 Å². The van der Waals surface area contributed by atoms with E-state index in [9.17, 15) is 14.4 Å². The second kappa shape index (κ2) is 13.8. The molecule has 0 amide bonds. The van der Waals surface area contributed by atoms with Crippen molar-refractivity contribution in [3.8, 4) is 16.9 Å². The molecular weight excluding hydrogens is 520 g/mol. The molecule has 42 heavy (non-hydrogen) atoms. The maximum atomic E-state index is 13.0. The first-order valence-electron chi connectivity index (χ1n) is 15.4. The van der Waals surface area contributed by atoms with Gasteiger partial charge in [-0.1, -0.05) is 96.0 Å². The Kier molecular flexibility index (Phi) is 10.9. The van der Waals surface area contributed by atoms with Crippen LogP contribution in [-0.4, -0.2) is 24.5 Å². The highest BCUT2D eigenvalue weighted by atomic mass is 16.5. The van der Waals surface area contributed by atoms with Crippen molar-refractivity contribution in [1.82, 2.24) is 0 Å². The van der Waals surface area contributed by atoms with Crippen molar-refractivity contribution < 1.29 is 22.0 Å². The normalized spacial score (nSPS) is 19.8. The van der Waals surface area contributed by atoms with Crippen molar-refractivity contribution in [3.05, 3.63) is 76.9 Å². The molecule has 4 nitrogen and oxygen atoms in total. The molecule has 0 aliphatic heterocycles. The van der Waals surface area contributed by atoms with Gasteiger partial charge >= 0.3 is 0 Å². The van der Waals surface area contributed by atoms with Crippen LogP contribution in [0.4, 0.5) is 0 Å². The van der Waals surface area contributed by atoms with Gasteiger partial charge in [-0.3, -0.25) is 14.4 Å². The lowest BCUT2D eigenvalue weighted by Crippen LogP contribution is -2.45. The van der Waals surface area contributed by atoms with E-state index in [2.05, 4.69) is 58.9 Å². The van der Waals surface area contributed by atoms with E-state index >= 15 is 0 Å². The fourth-order valence-electron chi connectivity index (χ4n) is 6.21. The fourth-order valence-corrected chi connectivity index (χ4v) is 6.21. The van der Waals surface area contributed by atoms with E-state index in [0.717, 1.165) is 54.6 Å². The molecule has 230 valence electrons. The summed E-state index contributed by atoms with van der Waals surface area (Å²) in [5.41, 5.74) is 6.28. The number of carbonyl (C=O) groups excluding carboxylic acids is 3. The van der Waals surface area contributed by atoms with Gasteiger partial charge in [0, 0.05) is 32.1 Å². The van der Waals surface area contributed by atoms with Gasteiger partial charge in [-0.2, -0.15) is 0 Å². The van der Waals surface area contributed by atoms with E-state index in [-0.39, 0.29) is 31.7 Å². The van der Waals surface area contributed by atoms with Crippen LogP contribution in [0.3, 0.4) is 0 Å². The van der Waals surface area contributed by atoms with E-state index in [1.54, 1.807) is 14.0 Å². The van der Waals surface area contributed by atoms with Gasteiger partial charge < -0.3 is 4.74 Å². The average Bonchev–Trinajstić information content (AvgIpc) is 3.44. The van der Waals surface area contributed by atoms with Crippen LogP contribution in [0.25, 0.3) is 11.1 Å². The summed E-state index contributed by atoms with van der Waals surface area (Å²) in [6.07, 6.45) is 9.19. The number of methoxy groups -OCH3 is 1. The zero-order valence-electron chi connectivity index (χ0n) is 27.2. The summed E-state index contributed by atoms with van der Waals surface area (Å²) in [6, 6.07) is 14.2. The third-order valence-corrected chi connectivity index (χ3v) is 8.91. The smallest absolute Gasteiger partial charge is 0.166 e. The minimum atomic E-state index is -0.533. The minimum absolute atomic E-state index is 0. The van der Waals surface area contributed by atoms with Crippen molar-refractivity contribution in [2.45, 2.75) is 93.9 Å². The lowest BCUT2D eigenvalue weighted by atomic mass is 9.61. The van der Waals surface area contributed by atoms with Crippen molar-refractivity contribution in [2.24, 2.45) is 22.7 Å². The Bertz CT molecular complexity index is 1360. The topological polar surface area (TPSA) is 60.4 Å². The number of hydrogen-bond donors (Lipinski definition) is 0. The number of hydrogen-bond acceptors (Lipinski definition) is 4. The van der Waals surface area contributed by atoms with E-state index in [0.29, 0.717) is 12.2 Å². The highest BCUT2D eigenvalue weighted by molar-refractivity contribution is 6.04. The van der Waals surface area contributed by atoms with E-state index in [4.69, 9.17) is 4.74 Å². The standard InChI is InChI=1S/C21H32O2.C17H18O2.2H2/c1-7-8-14-10-12-17(21(5,6)19(14)23)18(22)15-9-11-16(13-15)20(2,3)4;1-12-4-5-14(10-13(2)18)11-17(12)15-6-8-16(19-3)9-7-15;;/h9,13-14,17H,7-8,10-12H2,1-6H3;4-9,11H,10H2,1-3H3;2*1H. The number of aryl methyl sites for hydroxylation is 1. The van der Waals surface area contributed by atoms with Gasteiger partial charge in [0.2, 0.25) is 0 Å². The van der Waals surface area contributed by atoms with Gasteiger partial charge in [-0.15, -0.1) is 0 Å². The van der Waals surface area contributed by atoms with Crippen molar-refractivity contribution in [1.29, 1.82) is 0 Å². The molecule has 1 fully saturated rings. The molecule has 4 rings (SSSR count). The quantitative estimate of drug-likeness (QED) is 0.315. The molecule has 0 radical (unpaired) electrons. The molecule has 4 heteroatoms. The summed E-state index contributed by atoms with van der Waals surface area (Å²) in [7, 11) is 1.66. The second-order valence-electron chi connectivity index (χ2n) is 13.6. The Morgan fingerprint density at radius 3 is 2.26 bits per heavy atom. The van der Waals surface area contributed by atoms with E-state index in [1.807, 2.05) is 44.2 Å². The van der Waals surface area contributed by atoms with Crippen molar-refractivity contribution >= 4 is 17.3 Å². The van der Waals surface area contributed by atoms with Crippen LogP contribution < -0.4 is 4.74 Å². The largest absolute Gasteiger partial charge is 0.497 e. The SMILES string of the molecule is CCCC1CCC(C(=O)C2=CCC(C(C)(C)C)=C2)C(C)(C)C1=O.COc1ccc(-c2cc(CC(C)=O)ccc2C)cc1.[HH].[HH]. The number of allylic oxidation sites excluding steroid dienone is 4. The third kappa shape index (κ3) is 7.96. The van der Waals surface area contributed by atoms with Crippen LogP contribution >= 0.6 is 0 Å². The van der Waals surface area contributed by atoms with Crippen LogP contribution in [0.15, 0.2) is 65.8 Å². The lowest BCUT2D eigenvalue weighted by molar-refractivity contribution is -0.143. The first-order valence-corrected chi connectivity index (χ1v) is 15.4. The van der Waals surface area contributed by atoms with Gasteiger partial charge in [0.15, 0.2) is 5.78 Å². The molecule has 2 aliphatic rings. The third-order valence-electron chi connectivity index (χ3n) is 8.91. The summed E-state index contributed by atoms with van der Waals surface area (Å²) in [6.45, 7) is 16.3. The average molecular weight is 575 g/mol. The molecule has 0 aromatic heterocycles. The highest BCUT2D eigenvalue weighted by Crippen LogP contribution is 2.45. The molecule has 2 atom stereocenters. The number of carbonyl (C=O) groups is 3. The maximum absolute atomic E-state index is 13.0. The number of benzene rings is 2.